The minimum Gasteiger partial charge on any atom is -0.508 e. The van der Waals surface area contributed by atoms with Crippen LogP contribution in [-0.2, 0) is 10.2 Å². The average Bonchev–Trinajstić information content (AvgIpc) is 3.00. The molecule has 1 amide bonds. The van der Waals surface area contributed by atoms with E-state index in [1.807, 2.05) is 0 Å². The highest BCUT2D eigenvalue weighted by Crippen LogP contribution is 2.52. The molecule has 1 aliphatic rings. The smallest absolute Gasteiger partial charge is 0.244 e. The van der Waals surface area contributed by atoms with Gasteiger partial charge in [-0.05, 0) is 47.9 Å². The molecule has 3 N–H and O–H groups in total. The SMILES string of the molecule is Cc1c(Cl)c(F)c(F)c2c1NC(=O)C2(c1ccc(O)cc1)c1ccc(O)cc1. The second-order valence-electron chi connectivity index (χ2n) is 6.61. The van der Waals surface area contributed by atoms with E-state index in [2.05, 4.69) is 5.32 Å². The third-order valence-electron chi connectivity index (χ3n) is 5.11. The highest BCUT2D eigenvalue weighted by Gasteiger charge is 2.53. The van der Waals surface area contributed by atoms with Gasteiger partial charge in [-0.2, -0.15) is 0 Å². The number of rotatable bonds is 2. The molecule has 3 aromatic carbocycles. The standard InChI is InChI=1S/C21H14ClF2NO3/c1-10-16(22)18(24)17(23)15-19(10)25-20(28)21(15,11-2-6-13(26)7-3-11)12-4-8-14(27)9-5-12/h2-9,26-27H,1H3,(H,25,28). The van der Waals surface area contributed by atoms with Crippen LogP contribution in [0.2, 0.25) is 5.02 Å². The van der Waals surface area contributed by atoms with Gasteiger partial charge >= 0.3 is 0 Å². The van der Waals surface area contributed by atoms with Crippen LogP contribution in [-0.4, -0.2) is 16.1 Å². The molecule has 4 nitrogen and oxygen atoms in total. The number of nitrogens with one attached hydrogen (secondary N) is 1. The summed E-state index contributed by atoms with van der Waals surface area (Å²) in [5.74, 6) is -3.15. The summed E-state index contributed by atoms with van der Waals surface area (Å²) < 4.78 is 29.7. The van der Waals surface area contributed by atoms with E-state index in [1.165, 1.54) is 55.5 Å². The summed E-state index contributed by atoms with van der Waals surface area (Å²) in [7, 11) is 0. The molecule has 7 heteroatoms. The number of phenols is 2. The van der Waals surface area contributed by atoms with Crippen LogP contribution in [0.4, 0.5) is 14.5 Å². The van der Waals surface area contributed by atoms with Crippen molar-refractivity contribution in [1.29, 1.82) is 0 Å². The van der Waals surface area contributed by atoms with Gasteiger partial charge in [0.25, 0.3) is 0 Å². The van der Waals surface area contributed by atoms with E-state index < -0.39 is 28.0 Å². The minimum absolute atomic E-state index is 0.0397. The molecule has 3 aromatic rings. The zero-order valence-electron chi connectivity index (χ0n) is 14.6. The Morgan fingerprint density at radius 2 is 1.36 bits per heavy atom. The van der Waals surface area contributed by atoms with Crippen molar-refractivity contribution >= 4 is 23.2 Å². The van der Waals surface area contributed by atoms with Crippen LogP contribution in [0.1, 0.15) is 22.3 Å². The summed E-state index contributed by atoms with van der Waals surface area (Å²) in [6.07, 6.45) is 0. The monoisotopic (exact) mass is 401 g/mol. The number of amides is 1. The Morgan fingerprint density at radius 1 is 0.893 bits per heavy atom. The van der Waals surface area contributed by atoms with Gasteiger partial charge in [-0.3, -0.25) is 4.79 Å². The Hall–Kier alpha value is -3.12. The summed E-state index contributed by atoms with van der Waals surface area (Å²) in [5.41, 5.74) is -0.942. The van der Waals surface area contributed by atoms with Gasteiger partial charge in [0.1, 0.15) is 16.9 Å². The lowest BCUT2D eigenvalue weighted by Gasteiger charge is -2.29. The average molecular weight is 402 g/mol. The molecule has 1 heterocycles. The van der Waals surface area contributed by atoms with E-state index in [9.17, 15) is 19.4 Å². The number of phenolic OH excluding ortho intramolecular Hbond substituents is 2. The molecule has 0 spiro atoms. The topological polar surface area (TPSA) is 69.6 Å². The summed E-state index contributed by atoms with van der Waals surface area (Å²) in [6, 6.07) is 11.3. The first-order valence-electron chi connectivity index (χ1n) is 8.36. The van der Waals surface area contributed by atoms with Crippen LogP contribution in [0.25, 0.3) is 0 Å². The van der Waals surface area contributed by atoms with E-state index in [0.29, 0.717) is 11.1 Å². The van der Waals surface area contributed by atoms with Crippen LogP contribution >= 0.6 is 11.6 Å². The number of aromatic hydroxyl groups is 2. The highest BCUT2D eigenvalue weighted by atomic mass is 35.5. The number of hydrogen-bond acceptors (Lipinski definition) is 3. The van der Waals surface area contributed by atoms with Crippen molar-refractivity contribution in [3.8, 4) is 11.5 Å². The normalized spacial score (nSPS) is 14.6. The van der Waals surface area contributed by atoms with Gasteiger partial charge in [-0.25, -0.2) is 8.78 Å². The third kappa shape index (κ3) is 2.31. The van der Waals surface area contributed by atoms with Crippen LogP contribution in [0.5, 0.6) is 11.5 Å². The number of hydrogen-bond donors (Lipinski definition) is 3. The number of carbonyl (C=O) groups excluding carboxylic acids is 1. The van der Waals surface area contributed by atoms with Gasteiger partial charge < -0.3 is 15.5 Å². The van der Waals surface area contributed by atoms with Crippen molar-refractivity contribution in [1.82, 2.24) is 0 Å². The molecule has 0 saturated carbocycles. The molecule has 28 heavy (non-hydrogen) atoms. The fraction of sp³-hybridized carbons (Fsp3) is 0.0952. The van der Waals surface area contributed by atoms with E-state index in [4.69, 9.17) is 11.6 Å². The molecular formula is C21H14ClF2NO3. The number of anilines is 1. The van der Waals surface area contributed by atoms with Crippen molar-refractivity contribution in [2.75, 3.05) is 5.32 Å². The maximum absolute atomic E-state index is 15.2. The first kappa shape index (κ1) is 18.3. The Balaban J connectivity index is 2.16. The lowest BCUT2D eigenvalue weighted by Crippen LogP contribution is -2.37. The van der Waals surface area contributed by atoms with Crippen molar-refractivity contribution in [3.63, 3.8) is 0 Å². The highest BCUT2D eigenvalue weighted by molar-refractivity contribution is 6.32. The Kier molecular flexibility index (Phi) is 4.05. The molecule has 0 radical (unpaired) electrons. The molecule has 0 atom stereocenters. The van der Waals surface area contributed by atoms with Gasteiger partial charge in [-0.1, -0.05) is 35.9 Å². The van der Waals surface area contributed by atoms with Crippen molar-refractivity contribution in [2.24, 2.45) is 0 Å². The predicted octanol–water partition coefficient (Wildman–Crippen LogP) is 4.62. The van der Waals surface area contributed by atoms with E-state index >= 15 is 4.39 Å². The van der Waals surface area contributed by atoms with Crippen molar-refractivity contribution in [2.45, 2.75) is 12.3 Å². The van der Waals surface area contributed by atoms with E-state index in [0.717, 1.165) is 0 Å². The lowest BCUT2D eigenvalue weighted by atomic mass is 9.69. The Labute approximate surface area is 164 Å². The van der Waals surface area contributed by atoms with Gasteiger partial charge in [0.2, 0.25) is 5.91 Å². The largest absolute Gasteiger partial charge is 0.508 e. The second kappa shape index (κ2) is 6.21. The first-order valence-corrected chi connectivity index (χ1v) is 8.74. The number of fused-ring (bicyclic) bond motifs is 1. The van der Waals surface area contributed by atoms with Gasteiger partial charge in [-0.15, -0.1) is 0 Å². The summed E-state index contributed by atoms with van der Waals surface area (Å²) in [5, 5.41) is 21.5. The van der Waals surface area contributed by atoms with Gasteiger partial charge in [0, 0.05) is 5.56 Å². The third-order valence-corrected chi connectivity index (χ3v) is 5.56. The molecule has 0 aliphatic carbocycles. The summed E-state index contributed by atoms with van der Waals surface area (Å²) >= 11 is 5.91. The molecule has 4 rings (SSSR count). The minimum atomic E-state index is -1.73. The fourth-order valence-corrected chi connectivity index (χ4v) is 3.92. The molecule has 0 saturated heterocycles. The number of halogens is 3. The van der Waals surface area contributed by atoms with Crippen molar-refractivity contribution < 1.29 is 23.8 Å². The van der Waals surface area contributed by atoms with Crippen molar-refractivity contribution in [3.05, 3.63) is 87.4 Å². The molecule has 0 aromatic heterocycles. The van der Waals surface area contributed by atoms with E-state index in [-0.39, 0.29) is 28.3 Å². The molecular weight excluding hydrogens is 388 g/mol. The fourth-order valence-electron chi connectivity index (χ4n) is 3.75. The second-order valence-corrected chi connectivity index (χ2v) is 6.99. The lowest BCUT2D eigenvalue weighted by molar-refractivity contribution is -0.118. The van der Waals surface area contributed by atoms with Crippen LogP contribution in [0.3, 0.4) is 0 Å². The summed E-state index contributed by atoms with van der Waals surface area (Å²) in [4.78, 5) is 13.3. The molecule has 0 fully saturated rings. The maximum Gasteiger partial charge on any atom is 0.244 e. The number of benzene rings is 3. The van der Waals surface area contributed by atoms with Crippen LogP contribution in [0, 0.1) is 18.6 Å². The zero-order chi connectivity index (χ0) is 20.2. The maximum atomic E-state index is 15.2. The predicted molar refractivity (Wildman–Crippen MR) is 101 cm³/mol. The van der Waals surface area contributed by atoms with Gasteiger partial charge in [0.05, 0.1) is 10.7 Å². The molecule has 1 aliphatic heterocycles. The zero-order valence-corrected chi connectivity index (χ0v) is 15.3. The Morgan fingerprint density at radius 3 is 1.82 bits per heavy atom. The summed E-state index contributed by atoms with van der Waals surface area (Å²) in [6.45, 7) is 1.49. The molecule has 142 valence electrons. The van der Waals surface area contributed by atoms with Crippen LogP contribution in [0.15, 0.2) is 48.5 Å². The molecule has 0 unspecified atom stereocenters. The van der Waals surface area contributed by atoms with Gasteiger partial charge in [0.15, 0.2) is 11.6 Å². The molecule has 0 bridgehead atoms. The first-order chi connectivity index (χ1) is 13.3. The Bertz CT molecular complexity index is 1070. The number of carbonyl (C=O) groups is 1. The quantitative estimate of drug-likeness (QED) is 0.548. The van der Waals surface area contributed by atoms with Crippen LogP contribution < -0.4 is 5.32 Å². The van der Waals surface area contributed by atoms with E-state index in [1.54, 1.807) is 0 Å².